The number of benzene rings is 1. The van der Waals surface area contributed by atoms with Crippen LogP contribution in [0.3, 0.4) is 0 Å². The molecule has 1 heterocycles. The van der Waals surface area contributed by atoms with Crippen molar-refractivity contribution in [3.63, 3.8) is 0 Å². The molecule has 0 spiro atoms. The standard InChI is InChI=1S/C8H8N2O.C2H6/c1-10-5-9-6-3-2-4-7(11)8(6)10;1-2/h2-5,11H,1H3;1-2H3. The number of phenols is 1. The molecule has 2 aromatic rings. The highest BCUT2D eigenvalue weighted by atomic mass is 16.3. The highest BCUT2D eigenvalue weighted by Crippen LogP contribution is 2.21. The van der Waals surface area contributed by atoms with Crippen LogP contribution >= 0.6 is 0 Å². The van der Waals surface area contributed by atoms with Gasteiger partial charge in [0.05, 0.1) is 11.8 Å². The topological polar surface area (TPSA) is 38.0 Å². The predicted molar refractivity (Wildman–Crippen MR) is 53.7 cm³/mol. The number of para-hydroxylation sites is 1. The molecule has 3 nitrogen and oxygen atoms in total. The first-order chi connectivity index (χ1) is 6.29. The molecule has 0 saturated heterocycles. The van der Waals surface area contributed by atoms with E-state index < -0.39 is 0 Å². The van der Waals surface area contributed by atoms with Crippen LogP contribution in [0.25, 0.3) is 11.0 Å². The largest absolute Gasteiger partial charge is 0.506 e. The highest BCUT2D eigenvalue weighted by molar-refractivity contribution is 5.81. The Kier molecular flexibility index (Phi) is 2.90. The number of rotatable bonds is 0. The minimum Gasteiger partial charge on any atom is -0.506 e. The molecule has 0 atom stereocenters. The van der Waals surface area contributed by atoms with Gasteiger partial charge in [0.2, 0.25) is 0 Å². The summed E-state index contributed by atoms with van der Waals surface area (Å²) >= 11 is 0. The summed E-state index contributed by atoms with van der Waals surface area (Å²) in [5.74, 6) is 0.280. The number of phenolic OH excluding ortho intramolecular Hbond substituents is 1. The number of aromatic hydroxyl groups is 1. The van der Waals surface area contributed by atoms with Gasteiger partial charge in [-0.3, -0.25) is 0 Å². The van der Waals surface area contributed by atoms with E-state index in [1.807, 2.05) is 27.0 Å². The van der Waals surface area contributed by atoms with Gasteiger partial charge in [0.1, 0.15) is 11.3 Å². The van der Waals surface area contributed by atoms with Crippen LogP contribution in [0.5, 0.6) is 5.75 Å². The third kappa shape index (κ3) is 1.64. The van der Waals surface area contributed by atoms with E-state index in [0.29, 0.717) is 0 Å². The van der Waals surface area contributed by atoms with Crippen molar-refractivity contribution in [2.75, 3.05) is 0 Å². The zero-order chi connectivity index (χ0) is 9.84. The van der Waals surface area contributed by atoms with Crippen LogP contribution in [0.4, 0.5) is 0 Å². The normalized spacial score (nSPS) is 9.46. The van der Waals surface area contributed by atoms with Gasteiger partial charge in [0, 0.05) is 7.05 Å². The molecule has 70 valence electrons. The number of hydrogen-bond acceptors (Lipinski definition) is 2. The molecule has 0 radical (unpaired) electrons. The Balaban J connectivity index is 0.000000396. The van der Waals surface area contributed by atoms with Gasteiger partial charge in [-0.05, 0) is 12.1 Å². The van der Waals surface area contributed by atoms with E-state index in [2.05, 4.69) is 4.98 Å². The quantitative estimate of drug-likeness (QED) is 0.672. The first kappa shape index (κ1) is 9.58. The maximum atomic E-state index is 9.38. The SMILES string of the molecule is CC.Cn1cnc2cccc(O)c21. The Hall–Kier alpha value is -1.51. The molecular weight excluding hydrogens is 164 g/mol. The summed E-state index contributed by atoms with van der Waals surface area (Å²) in [6.45, 7) is 4.00. The zero-order valence-electron chi connectivity index (χ0n) is 8.15. The molecule has 1 aromatic heterocycles. The van der Waals surface area contributed by atoms with Crippen molar-refractivity contribution in [1.82, 2.24) is 9.55 Å². The monoisotopic (exact) mass is 178 g/mol. The van der Waals surface area contributed by atoms with Gasteiger partial charge >= 0.3 is 0 Å². The fraction of sp³-hybridized carbons (Fsp3) is 0.300. The number of fused-ring (bicyclic) bond motifs is 1. The second-order valence-electron chi connectivity index (χ2n) is 2.50. The zero-order valence-corrected chi connectivity index (χ0v) is 8.15. The van der Waals surface area contributed by atoms with Gasteiger partial charge in [-0.15, -0.1) is 0 Å². The Labute approximate surface area is 77.6 Å². The van der Waals surface area contributed by atoms with Gasteiger partial charge in [-0.25, -0.2) is 4.98 Å². The summed E-state index contributed by atoms with van der Waals surface area (Å²) < 4.78 is 1.80. The molecule has 0 amide bonds. The van der Waals surface area contributed by atoms with E-state index >= 15 is 0 Å². The summed E-state index contributed by atoms with van der Waals surface area (Å²) in [5.41, 5.74) is 1.61. The highest BCUT2D eigenvalue weighted by Gasteiger charge is 2.02. The van der Waals surface area contributed by atoms with Crippen LogP contribution in [0.1, 0.15) is 13.8 Å². The van der Waals surface area contributed by atoms with Gasteiger partial charge in [-0.2, -0.15) is 0 Å². The Morgan fingerprint density at radius 1 is 1.31 bits per heavy atom. The number of hydrogen-bond donors (Lipinski definition) is 1. The molecule has 0 aliphatic carbocycles. The Morgan fingerprint density at radius 2 is 2.00 bits per heavy atom. The van der Waals surface area contributed by atoms with Gasteiger partial charge in [0.15, 0.2) is 0 Å². The number of aromatic nitrogens is 2. The molecule has 1 aromatic carbocycles. The van der Waals surface area contributed by atoms with E-state index in [4.69, 9.17) is 0 Å². The van der Waals surface area contributed by atoms with Crippen molar-refractivity contribution in [2.24, 2.45) is 7.05 Å². The van der Waals surface area contributed by atoms with Crippen molar-refractivity contribution in [3.05, 3.63) is 24.5 Å². The maximum absolute atomic E-state index is 9.38. The molecule has 0 aliphatic heterocycles. The molecule has 0 fully saturated rings. The summed E-state index contributed by atoms with van der Waals surface area (Å²) in [6.07, 6.45) is 1.68. The maximum Gasteiger partial charge on any atom is 0.141 e. The van der Waals surface area contributed by atoms with Crippen LogP contribution in [-0.4, -0.2) is 14.7 Å². The number of nitrogens with zero attached hydrogens (tertiary/aromatic N) is 2. The summed E-state index contributed by atoms with van der Waals surface area (Å²) in [5, 5.41) is 9.38. The van der Waals surface area contributed by atoms with E-state index in [0.717, 1.165) is 11.0 Å². The number of imidazole rings is 1. The first-order valence-electron chi connectivity index (χ1n) is 4.38. The number of aryl methyl sites for hydroxylation is 1. The fourth-order valence-electron chi connectivity index (χ4n) is 1.19. The second-order valence-corrected chi connectivity index (χ2v) is 2.50. The molecule has 3 heteroatoms. The van der Waals surface area contributed by atoms with E-state index in [1.165, 1.54) is 0 Å². The van der Waals surface area contributed by atoms with Crippen molar-refractivity contribution in [1.29, 1.82) is 0 Å². The third-order valence-electron chi connectivity index (χ3n) is 1.72. The van der Waals surface area contributed by atoms with Crippen LogP contribution < -0.4 is 0 Å². The Morgan fingerprint density at radius 3 is 2.62 bits per heavy atom. The van der Waals surface area contributed by atoms with Gasteiger partial charge in [-0.1, -0.05) is 19.9 Å². The summed E-state index contributed by atoms with van der Waals surface area (Å²) in [7, 11) is 1.86. The lowest BCUT2D eigenvalue weighted by Gasteiger charge is -1.95. The van der Waals surface area contributed by atoms with Crippen molar-refractivity contribution in [3.8, 4) is 5.75 Å². The summed E-state index contributed by atoms with van der Waals surface area (Å²) in [4.78, 5) is 4.08. The van der Waals surface area contributed by atoms with Crippen LogP contribution in [0.2, 0.25) is 0 Å². The van der Waals surface area contributed by atoms with Crippen molar-refractivity contribution in [2.45, 2.75) is 13.8 Å². The molecule has 1 N–H and O–H groups in total. The van der Waals surface area contributed by atoms with Gasteiger partial charge in [0.25, 0.3) is 0 Å². The molecular formula is C10H14N2O. The van der Waals surface area contributed by atoms with Crippen LogP contribution in [0, 0.1) is 0 Å². The second kappa shape index (κ2) is 3.94. The minimum atomic E-state index is 0.280. The van der Waals surface area contributed by atoms with Crippen molar-refractivity contribution < 1.29 is 5.11 Å². The third-order valence-corrected chi connectivity index (χ3v) is 1.72. The van der Waals surface area contributed by atoms with E-state index in [1.54, 1.807) is 23.0 Å². The fourth-order valence-corrected chi connectivity index (χ4v) is 1.19. The average molecular weight is 178 g/mol. The van der Waals surface area contributed by atoms with Crippen LogP contribution in [-0.2, 0) is 7.05 Å². The van der Waals surface area contributed by atoms with Crippen molar-refractivity contribution >= 4 is 11.0 Å². The lowest BCUT2D eigenvalue weighted by Crippen LogP contribution is -1.83. The molecule has 2 rings (SSSR count). The van der Waals surface area contributed by atoms with Crippen LogP contribution in [0.15, 0.2) is 24.5 Å². The van der Waals surface area contributed by atoms with Gasteiger partial charge < -0.3 is 9.67 Å². The summed E-state index contributed by atoms with van der Waals surface area (Å²) in [6, 6.07) is 5.31. The minimum absolute atomic E-state index is 0.280. The molecule has 0 unspecified atom stereocenters. The average Bonchev–Trinajstić information content (AvgIpc) is 2.53. The Bertz CT molecular complexity index is 393. The molecule has 0 saturated carbocycles. The van der Waals surface area contributed by atoms with E-state index in [9.17, 15) is 5.11 Å². The predicted octanol–water partition coefficient (Wildman–Crippen LogP) is 2.31. The smallest absolute Gasteiger partial charge is 0.141 e. The first-order valence-corrected chi connectivity index (χ1v) is 4.38. The molecule has 0 aliphatic rings. The lowest BCUT2D eigenvalue weighted by atomic mass is 10.3. The lowest BCUT2D eigenvalue weighted by molar-refractivity contribution is 0.479. The molecule has 0 bridgehead atoms. The molecule has 13 heavy (non-hydrogen) atoms. The van der Waals surface area contributed by atoms with E-state index in [-0.39, 0.29) is 5.75 Å².